The molecule has 0 bridgehead atoms. The number of nitrogens with zero attached hydrogens (tertiary/aromatic N) is 2. The number of carboxylic acid groups (broad SMARTS) is 1. The van der Waals surface area contributed by atoms with Gasteiger partial charge in [-0.3, -0.25) is 9.78 Å². The zero-order chi connectivity index (χ0) is 13.0. The SMILES string of the molecule is N#Cc1c(C(F)F)ncc(CCl)c1CC(=O)O. The van der Waals surface area contributed by atoms with Gasteiger partial charge < -0.3 is 5.11 Å². The van der Waals surface area contributed by atoms with Crippen LogP contribution in [0.3, 0.4) is 0 Å². The topological polar surface area (TPSA) is 74.0 Å². The summed E-state index contributed by atoms with van der Waals surface area (Å²) in [6, 6.07) is 1.56. The Labute approximate surface area is 100 Å². The second kappa shape index (κ2) is 5.55. The first-order valence-corrected chi connectivity index (χ1v) is 5.01. The first kappa shape index (κ1) is 13.3. The minimum Gasteiger partial charge on any atom is -0.481 e. The average molecular weight is 261 g/mol. The fourth-order valence-corrected chi connectivity index (χ4v) is 1.59. The average Bonchev–Trinajstić information content (AvgIpc) is 2.27. The number of pyridine rings is 1. The lowest BCUT2D eigenvalue weighted by Gasteiger charge is -2.10. The Bertz CT molecular complexity index is 486. The van der Waals surface area contributed by atoms with Gasteiger partial charge in [-0.05, 0) is 11.1 Å². The summed E-state index contributed by atoms with van der Waals surface area (Å²) in [7, 11) is 0. The van der Waals surface area contributed by atoms with Crippen LogP contribution < -0.4 is 0 Å². The van der Waals surface area contributed by atoms with Gasteiger partial charge in [0.15, 0.2) is 0 Å². The van der Waals surface area contributed by atoms with E-state index in [1.54, 1.807) is 6.07 Å². The van der Waals surface area contributed by atoms with Crippen molar-refractivity contribution in [3.63, 3.8) is 0 Å². The summed E-state index contributed by atoms with van der Waals surface area (Å²) < 4.78 is 25.1. The lowest BCUT2D eigenvalue weighted by atomic mass is 10.00. The predicted octanol–water partition coefficient (Wildman–Crippen LogP) is 2.26. The summed E-state index contributed by atoms with van der Waals surface area (Å²) in [4.78, 5) is 14.1. The zero-order valence-corrected chi connectivity index (χ0v) is 9.21. The monoisotopic (exact) mass is 260 g/mol. The molecule has 1 aromatic heterocycles. The molecule has 0 aliphatic rings. The molecule has 1 rings (SSSR count). The van der Waals surface area contributed by atoms with E-state index in [-0.39, 0.29) is 17.0 Å². The highest BCUT2D eigenvalue weighted by Crippen LogP contribution is 2.26. The lowest BCUT2D eigenvalue weighted by molar-refractivity contribution is -0.136. The molecule has 0 aromatic carbocycles. The second-order valence-corrected chi connectivity index (χ2v) is 3.41. The largest absolute Gasteiger partial charge is 0.481 e. The Hall–Kier alpha value is -1.74. The minimum atomic E-state index is -2.93. The Balaban J connectivity index is 3.44. The highest BCUT2D eigenvalue weighted by atomic mass is 35.5. The number of hydrogen-bond donors (Lipinski definition) is 1. The molecule has 1 aromatic rings. The Kier molecular flexibility index (Phi) is 4.35. The molecule has 0 atom stereocenters. The third kappa shape index (κ3) is 2.88. The van der Waals surface area contributed by atoms with Crippen molar-refractivity contribution in [1.82, 2.24) is 4.98 Å². The summed E-state index contributed by atoms with van der Waals surface area (Å²) in [6.07, 6.45) is -2.39. The smallest absolute Gasteiger partial charge is 0.307 e. The first-order chi connectivity index (χ1) is 8.01. The van der Waals surface area contributed by atoms with Crippen molar-refractivity contribution < 1.29 is 18.7 Å². The van der Waals surface area contributed by atoms with Gasteiger partial charge in [0.05, 0.1) is 12.0 Å². The number of carbonyl (C=O) groups is 1. The minimum absolute atomic E-state index is 0.000278. The Morgan fingerprint density at radius 1 is 1.65 bits per heavy atom. The fourth-order valence-electron chi connectivity index (χ4n) is 1.36. The Morgan fingerprint density at radius 2 is 2.29 bits per heavy atom. The molecule has 4 nitrogen and oxygen atoms in total. The maximum absolute atomic E-state index is 12.6. The predicted molar refractivity (Wildman–Crippen MR) is 54.8 cm³/mol. The molecule has 90 valence electrons. The van der Waals surface area contributed by atoms with Crippen LogP contribution in [-0.2, 0) is 17.1 Å². The van der Waals surface area contributed by atoms with E-state index in [0.29, 0.717) is 0 Å². The standard InChI is InChI=1S/C10H7ClF2N2O2/c11-2-5-4-15-9(10(12)13)7(3-14)6(5)1-8(16)17/h4,10H,1-2H2,(H,16,17). The van der Waals surface area contributed by atoms with E-state index in [2.05, 4.69) is 4.98 Å². The highest BCUT2D eigenvalue weighted by molar-refractivity contribution is 6.17. The molecule has 7 heteroatoms. The van der Waals surface area contributed by atoms with Crippen molar-refractivity contribution in [3.05, 3.63) is 28.6 Å². The van der Waals surface area contributed by atoms with E-state index in [1.165, 1.54) is 0 Å². The molecule has 0 fully saturated rings. The van der Waals surface area contributed by atoms with E-state index < -0.39 is 30.1 Å². The van der Waals surface area contributed by atoms with Gasteiger partial charge in [0.2, 0.25) is 0 Å². The highest BCUT2D eigenvalue weighted by Gasteiger charge is 2.21. The Morgan fingerprint density at radius 3 is 2.71 bits per heavy atom. The van der Waals surface area contributed by atoms with E-state index in [9.17, 15) is 13.6 Å². The van der Waals surface area contributed by atoms with Crippen molar-refractivity contribution >= 4 is 17.6 Å². The summed E-state index contributed by atoms with van der Waals surface area (Å²) in [5.74, 6) is -1.31. The molecule has 17 heavy (non-hydrogen) atoms. The fraction of sp³-hybridized carbons (Fsp3) is 0.300. The van der Waals surface area contributed by atoms with Crippen molar-refractivity contribution in [3.8, 4) is 6.07 Å². The summed E-state index contributed by atoms with van der Waals surface area (Å²) in [5, 5.41) is 17.5. The molecule has 0 amide bonds. The van der Waals surface area contributed by atoms with Crippen molar-refractivity contribution in [2.75, 3.05) is 0 Å². The summed E-state index contributed by atoms with van der Waals surface area (Å²) >= 11 is 5.55. The van der Waals surface area contributed by atoms with Crippen LogP contribution in [0, 0.1) is 11.3 Å². The molecule has 0 aliphatic heterocycles. The number of halogens is 3. The number of carboxylic acids is 1. The number of aromatic nitrogens is 1. The van der Waals surface area contributed by atoms with E-state index in [4.69, 9.17) is 22.0 Å². The van der Waals surface area contributed by atoms with Crippen LogP contribution >= 0.6 is 11.6 Å². The van der Waals surface area contributed by atoms with Gasteiger partial charge in [0.1, 0.15) is 11.8 Å². The van der Waals surface area contributed by atoms with Gasteiger partial charge in [-0.1, -0.05) is 0 Å². The van der Waals surface area contributed by atoms with E-state index in [0.717, 1.165) is 6.20 Å². The number of nitriles is 1. The zero-order valence-electron chi connectivity index (χ0n) is 8.45. The van der Waals surface area contributed by atoms with Crippen LogP contribution in [0.1, 0.15) is 28.8 Å². The van der Waals surface area contributed by atoms with E-state index >= 15 is 0 Å². The van der Waals surface area contributed by atoms with Gasteiger partial charge in [0.25, 0.3) is 6.43 Å². The van der Waals surface area contributed by atoms with Crippen molar-refractivity contribution in [2.45, 2.75) is 18.7 Å². The van der Waals surface area contributed by atoms with Crippen LogP contribution in [0.15, 0.2) is 6.20 Å². The quantitative estimate of drug-likeness (QED) is 0.843. The van der Waals surface area contributed by atoms with Gasteiger partial charge in [-0.25, -0.2) is 8.78 Å². The van der Waals surface area contributed by atoms with Crippen molar-refractivity contribution in [1.29, 1.82) is 5.26 Å². The molecular weight excluding hydrogens is 254 g/mol. The van der Waals surface area contributed by atoms with Crippen LogP contribution in [-0.4, -0.2) is 16.1 Å². The maximum Gasteiger partial charge on any atom is 0.307 e. The summed E-state index contributed by atoms with van der Waals surface area (Å²) in [6.45, 7) is 0. The van der Waals surface area contributed by atoms with Crippen LogP contribution in [0.5, 0.6) is 0 Å². The van der Waals surface area contributed by atoms with Gasteiger partial charge >= 0.3 is 5.97 Å². The normalized spacial score (nSPS) is 10.3. The van der Waals surface area contributed by atoms with Gasteiger partial charge in [-0.2, -0.15) is 5.26 Å². The molecule has 1 heterocycles. The van der Waals surface area contributed by atoms with Gasteiger partial charge in [-0.15, -0.1) is 11.6 Å². The number of aliphatic carboxylic acids is 1. The molecule has 0 saturated carbocycles. The lowest BCUT2D eigenvalue weighted by Crippen LogP contribution is -2.09. The third-order valence-corrected chi connectivity index (χ3v) is 2.38. The number of alkyl halides is 3. The first-order valence-electron chi connectivity index (χ1n) is 4.47. The van der Waals surface area contributed by atoms with E-state index in [1.807, 2.05) is 0 Å². The van der Waals surface area contributed by atoms with Crippen LogP contribution in [0.4, 0.5) is 8.78 Å². The van der Waals surface area contributed by atoms with Crippen LogP contribution in [0.2, 0.25) is 0 Å². The molecule has 1 N–H and O–H groups in total. The van der Waals surface area contributed by atoms with Crippen molar-refractivity contribution in [2.24, 2.45) is 0 Å². The molecule has 0 unspecified atom stereocenters. The maximum atomic E-state index is 12.6. The molecule has 0 saturated heterocycles. The molecule has 0 radical (unpaired) electrons. The van der Waals surface area contributed by atoms with Gasteiger partial charge in [0, 0.05) is 12.1 Å². The molecule has 0 spiro atoms. The summed E-state index contributed by atoms with van der Waals surface area (Å²) in [5.41, 5.74) is -0.839. The number of hydrogen-bond acceptors (Lipinski definition) is 3. The molecule has 0 aliphatic carbocycles. The van der Waals surface area contributed by atoms with Crippen LogP contribution in [0.25, 0.3) is 0 Å². The third-order valence-electron chi connectivity index (χ3n) is 2.10. The molecular formula is C10H7ClF2N2O2. The number of rotatable bonds is 4. The second-order valence-electron chi connectivity index (χ2n) is 3.14.